The Balaban J connectivity index is 1.74. The SMILES string of the molecule is CN(C)C(CNC(=O)c1n[nH]c2ccccc12)c1cccs1. The van der Waals surface area contributed by atoms with E-state index in [0.29, 0.717) is 12.2 Å². The first-order valence-corrected chi connectivity index (χ1v) is 7.96. The smallest absolute Gasteiger partial charge is 0.272 e. The summed E-state index contributed by atoms with van der Waals surface area (Å²) in [5.74, 6) is -0.152. The number of hydrogen-bond acceptors (Lipinski definition) is 4. The van der Waals surface area contributed by atoms with Crippen molar-refractivity contribution in [3.63, 3.8) is 0 Å². The molecule has 2 heterocycles. The molecular formula is C16H18N4OS. The molecule has 1 unspecified atom stereocenters. The zero-order valence-electron chi connectivity index (χ0n) is 12.5. The van der Waals surface area contributed by atoms with Crippen molar-refractivity contribution in [2.75, 3.05) is 20.6 Å². The van der Waals surface area contributed by atoms with Crippen LogP contribution in [0.5, 0.6) is 0 Å². The van der Waals surface area contributed by atoms with Gasteiger partial charge in [-0.2, -0.15) is 5.10 Å². The molecule has 5 nitrogen and oxygen atoms in total. The fourth-order valence-electron chi connectivity index (χ4n) is 2.43. The molecule has 3 aromatic rings. The standard InChI is InChI=1S/C16H18N4OS/c1-20(2)13(14-8-5-9-22-14)10-17-16(21)15-11-6-3-4-7-12(11)18-19-15/h3-9,13H,10H2,1-2H3,(H,17,21)(H,18,19). The highest BCUT2D eigenvalue weighted by molar-refractivity contribution is 7.10. The summed E-state index contributed by atoms with van der Waals surface area (Å²) in [6.07, 6.45) is 0. The summed E-state index contributed by atoms with van der Waals surface area (Å²) in [7, 11) is 4.03. The third kappa shape index (κ3) is 2.88. The van der Waals surface area contributed by atoms with Crippen molar-refractivity contribution in [1.29, 1.82) is 0 Å². The van der Waals surface area contributed by atoms with Crippen molar-refractivity contribution < 1.29 is 4.79 Å². The molecule has 1 atom stereocenters. The van der Waals surface area contributed by atoms with Crippen LogP contribution in [0.3, 0.4) is 0 Å². The van der Waals surface area contributed by atoms with E-state index in [0.717, 1.165) is 10.9 Å². The van der Waals surface area contributed by atoms with Crippen molar-refractivity contribution >= 4 is 28.1 Å². The van der Waals surface area contributed by atoms with Crippen LogP contribution in [0, 0.1) is 0 Å². The molecule has 0 fully saturated rings. The zero-order valence-corrected chi connectivity index (χ0v) is 13.4. The molecule has 1 amide bonds. The normalized spacial score (nSPS) is 12.7. The van der Waals surface area contributed by atoms with E-state index in [-0.39, 0.29) is 11.9 Å². The second kappa shape index (κ2) is 6.29. The van der Waals surface area contributed by atoms with Crippen molar-refractivity contribution in [2.45, 2.75) is 6.04 Å². The Morgan fingerprint density at radius 3 is 2.86 bits per heavy atom. The summed E-state index contributed by atoms with van der Waals surface area (Å²) in [6, 6.07) is 11.9. The molecule has 0 saturated heterocycles. The van der Waals surface area contributed by atoms with Gasteiger partial charge in [0.15, 0.2) is 5.69 Å². The molecule has 0 bridgehead atoms. The van der Waals surface area contributed by atoms with Crippen LogP contribution in [-0.2, 0) is 0 Å². The largest absolute Gasteiger partial charge is 0.349 e. The number of fused-ring (bicyclic) bond motifs is 1. The van der Waals surface area contributed by atoms with Crippen LogP contribution in [0.1, 0.15) is 21.4 Å². The van der Waals surface area contributed by atoms with Crippen LogP contribution < -0.4 is 5.32 Å². The number of aromatic nitrogens is 2. The van der Waals surface area contributed by atoms with Gasteiger partial charge in [0.25, 0.3) is 5.91 Å². The zero-order chi connectivity index (χ0) is 15.5. The van der Waals surface area contributed by atoms with Gasteiger partial charge in [-0.15, -0.1) is 11.3 Å². The first kappa shape index (κ1) is 14.7. The van der Waals surface area contributed by atoms with E-state index in [4.69, 9.17) is 0 Å². The van der Waals surface area contributed by atoms with Gasteiger partial charge in [-0.3, -0.25) is 9.89 Å². The summed E-state index contributed by atoms with van der Waals surface area (Å²) in [5.41, 5.74) is 1.31. The molecule has 114 valence electrons. The first-order chi connectivity index (χ1) is 10.7. The van der Waals surface area contributed by atoms with Crippen molar-refractivity contribution in [3.8, 4) is 0 Å². The van der Waals surface area contributed by atoms with Crippen LogP contribution in [-0.4, -0.2) is 41.6 Å². The molecule has 2 aromatic heterocycles. The Bertz CT molecular complexity index is 763. The highest BCUT2D eigenvalue weighted by atomic mass is 32.1. The van der Waals surface area contributed by atoms with Gasteiger partial charge >= 0.3 is 0 Å². The number of thiophene rings is 1. The molecule has 2 N–H and O–H groups in total. The summed E-state index contributed by atoms with van der Waals surface area (Å²) < 4.78 is 0. The van der Waals surface area contributed by atoms with Crippen LogP contribution in [0.4, 0.5) is 0 Å². The second-order valence-electron chi connectivity index (χ2n) is 5.32. The number of para-hydroxylation sites is 1. The minimum atomic E-state index is -0.152. The van der Waals surface area contributed by atoms with Crippen molar-refractivity contribution in [2.24, 2.45) is 0 Å². The van der Waals surface area contributed by atoms with Crippen molar-refractivity contribution in [3.05, 3.63) is 52.3 Å². The maximum absolute atomic E-state index is 12.4. The van der Waals surface area contributed by atoms with Gasteiger partial charge in [0.05, 0.1) is 11.6 Å². The Morgan fingerprint density at radius 2 is 2.14 bits per heavy atom. The van der Waals surface area contributed by atoms with Gasteiger partial charge in [-0.05, 0) is 31.6 Å². The number of nitrogens with zero attached hydrogens (tertiary/aromatic N) is 2. The molecule has 1 aromatic carbocycles. The monoisotopic (exact) mass is 314 g/mol. The minimum Gasteiger partial charge on any atom is -0.349 e. The third-order valence-electron chi connectivity index (χ3n) is 3.64. The molecule has 0 aliphatic rings. The van der Waals surface area contributed by atoms with Gasteiger partial charge in [0.2, 0.25) is 0 Å². The maximum Gasteiger partial charge on any atom is 0.272 e. The summed E-state index contributed by atoms with van der Waals surface area (Å²) in [6.45, 7) is 0.549. The average molecular weight is 314 g/mol. The van der Waals surface area contributed by atoms with Gasteiger partial charge in [0, 0.05) is 16.8 Å². The predicted octanol–water partition coefficient (Wildman–Crippen LogP) is 2.66. The number of benzene rings is 1. The quantitative estimate of drug-likeness (QED) is 0.761. The second-order valence-corrected chi connectivity index (χ2v) is 6.30. The Hall–Kier alpha value is -2.18. The lowest BCUT2D eigenvalue weighted by molar-refractivity contribution is 0.0939. The van der Waals surface area contributed by atoms with Crippen LogP contribution in [0.2, 0.25) is 0 Å². The molecule has 0 radical (unpaired) electrons. The van der Waals surface area contributed by atoms with E-state index in [1.807, 2.05) is 44.4 Å². The number of H-pyrrole nitrogens is 1. The number of hydrogen-bond donors (Lipinski definition) is 2. The van der Waals surface area contributed by atoms with Crippen molar-refractivity contribution in [1.82, 2.24) is 20.4 Å². The molecule has 0 spiro atoms. The molecule has 6 heteroatoms. The van der Waals surface area contributed by atoms with Crippen LogP contribution >= 0.6 is 11.3 Å². The molecular weight excluding hydrogens is 296 g/mol. The number of likely N-dealkylation sites (N-methyl/N-ethyl adjacent to an activating group) is 1. The van der Waals surface area contributed by atoms with Gasteiger partial charge in [-0.25, -0.2) is 0 Å². The van der Waals surface area contributed by atoms with E-state index in [1.165, 1.54) is 4.88 Å². The summed E-state index contributed by atoms with van der Waals surface area (Å²) in [4.78, 5) is 15.7. The molecule has 0 aliphatic carbocycles. The Morgan fingerprint density at radius 1 is 1.32 bits per heavy atom. The number of carbonyl (C=O) groups excluding carboxylic acids is 1. The van der Waals surface area contributed by atoms with E-state index in [2.05, 4.69) is 31.9 Å². The summed E-state index contributed by atoms with van der Waals surface area (Å²) >= 11 is 1.70. The van der Waals surface area contributed by atoms with Crippen LogP contribution in [0.25, 0.3) is 10.9 Å². The third-order valence-corrected chi connectivity index (χ3v) is 4.61. The molecule has 22 heavy (non-hydrogen) atoms. The van der Waals surface area contributed by atoms with E-state index >= 15 is 0 Å². The predicted molar refractivity (Wildman–Crippen MR) is 89.2 cm³/mol. The number of nitrogens with one attached hydrogen (secondary N) is 2. The highest BCUT2D eigenvalue weighted by Gasteiger charge is 2.19. The summed E-state index contributed by atoms with van der Waals surface area (Å²) in [5, 5.41) is 12.9. The first-order valence-electron chi connectivity index (χ1n) is 7.08. The van der Waals surface area contributed by atoms with E-state index in [1.54, 1.807) is 11.3 Å². The Labute approximate surface area is 133 Å². The van der Waals surface area contributed by atoms with Gasteiger partial charge in [0.1, 0.15) is 0 Å². The maximum atomic E-state index is 12.4. The minimum absolute atomic E-state index is 0.152. The van der Waals surface area contributed by atoms with Gasteiger partial charge < -0.3 is 10.2 Å². The van der Waals surface area contributed by atoms with E-state index in [9.17, 15) is 4.79 Å². The van der Waals surface area contributed by atoms with Crippen LogP contribution in [0.15, 0.2) is 41.8 Å². The number of rotatable bonds is 5. The lowest BCUT2D eigenvalue weighted by Gasteiger charge is -2.23. The van der Waals surface area contributed by atoms with Gasteiger partial charge in [-0.1, -0.05) is 24.3 Å². The van der Waals surface area contributed by atoms with E-state index < -0.39 is 0 Å². The lowest BCUT2D eigenvalue weighted by atomic mass is 10.2. The molecule has 3 rings (SSSR count). The molecule has 0 saturated carbocycles. The fourth-order valence-corrected chi connectivity index (χ4v) is 3.35. The fraction of sp³-hybridized carbons (Fsp3) is 0.250. The lowest BCUT2D eigenvalue weighted by Crippen LogP contribution is -2.34. The number of carbonyl (C=O) groups is 1. The number of amides is 1. The molecule has 0 aliphatic heterocycles. The average Bonchev–Trinajstić information content (AvgIpc) is 3.16. The highest BCUT2D eigenvalue weighted by Crippen LogP contribution is 2.22. The number of aromatic amines is 1. The topological polar surface area (TPSA) is 61.0 Å². The Kier molecular flexibility index (Phi) is 4.22.